The van der Waals surface area contributed by atoms with Crippen LogP contribution in [0.2, 0.25) is 0 Å². The fourth-order valence-electron chi connectivity index (χ4n) is 9.43. The van der Waals surface area contributed by atoms with Gasteiger partial charge in [-0.25, -0.2) is 4.99 Å². The second-order valence-corrected chi connectivity index (χ2v) is 16.4. The first-order valence-electron chi connectivity index (χ1n) is 19.9. The summed E-state index contributed by atoms with van der Waals surface area (Å²) in [7, 11) is 0. The zero-order chi connectivity index (χ0) is 37.5. The average molecular weight is 755 g/mol. The van der Waals surface area contributed by atoms with E-state index >= 15 is 0 Å². The van der Waals surface area contributed by atoms with Crippen LogP contribution < -0.4 is 21.3 Å². The molecule has 0 bridgehead atoms. The summed E-state index contributed by atoms with van der Waals surface area (Å²) in [5.74, 6) is 1.16. The van der Waals surface area contributed by atoms with Gasteiger partial charge in [-0.3, -0.25) is 5.32 Å². The molecular formula is C51H38N4OS. The molecule has 0 radical (unpaired) electrons. The molecule has 0 spiro atoms. The van der Waals surface area contributed by atoms with Crippen LogP contribution in [0.3, 0.4) is 0 Å². The van der Waals surface area contributed by atoms with Crippen LogP contribution in [0, 0.1) is 5.92 Å². The standard InChI is InChI=1S/C51H38N4OS/c1-3-14-31(15-4-1)49-52-50(32-16-5-2-6-17-32)54-51(53-49)33-28-29-44-40(30-33)37-21-11-20-36(47(37)56-44)38-22-12-23-39-46-43(26-13-27-45(46)57-48(38)39)55-41-24-9-7-18-34(41)35-19-8-10-25-42(35)55/h1-5,7-16,18-27,29-30,33,49,51,53H,6,17,28H2,(H,52,54). The zero-order valence-corrected chi connectivity index (χ0v) is 32.0. The molecule has 9 aromatic rings. The molecule has 0 amide bonds. The molecule has 6 aromatic carbocycles. The smallest absolute Gasteiger partial charge is 0.143 e. The first kappa shape index (κ1) is 32.7. The Morgan fingerprint density at radius 2 is 1.46 bits per heavy atom. The fraction of sp³-hybridized carbons (Fsp3) is 0.118. The predicted molar refractivity (Wildman–Crippen MR) is 238 cm³/mol. The van der Waals surface area contributed by atoms with Crippen molar-refractivity contribution in [3.8, 4) is 16.8 Å². The third-order valence-corrected chi connectivity index (χ3v) is 13.3. The molecule has 2 N–H and O–H groups in total. The first-order chi connectivity index (χ1) is 28.3. The van der Waals surface area contributed by atoms with Gasteiger partial charge >= 0.3 is 0 Å². The van der Waals surface area contributed by atoms with Crippen molar-refractivity contribution in [1.29, 1.82) is 0 Å². The highest BCUT2D eigenvalue weighted by Gasteiger charge is 2.31. The van der Waals surface area contributed by atoms with Crippen LogP contribution in [-0.2, 0) is 0 Å². The van der Waals surface area contributed by atoms with E-state index in [1.54, 1.807) is 0 Å². The van der Waals surface area contributed by atoms with E-state index in [0.29, 0.717) is 0 Å². The van der Waals surface area contributed by atoms with E-state index in [2.05, 4.69) is 179 Å². The van der Waals surface area contributed by atoms with E-state index in [1.807, 2.05) is 11.3 Å². The van der Waals surface area contributed by atoms with Crippen LogP contribution in [0.4, 0.5) is 0 Å². The Balaban J connectivity index is 0.985. The molecule has 1 aliphatic heterocycles. The second kappa shape index (κ2) is 13.1. The lowest BCUT2D eigenvalue weighted by molar-refractivity contribution is 0.350. The maximum atomic E-state index is 6.85. The lowest BCUT2D eigenvalue weighted by Crippen LogP contribution is -2.51. The molecule has 12 rings (SSSR count). The van der Waals surface area contributed by atoms with Gasteiger partial charge in [0.15, 0.2) is 0 Å². The Morgan fingerprint density at radius 1 is 0.719 bits per heavy atom. The molecule has 57 heavy (non-hydrogen) atoms. The highest BCUT2D eigenvalue weighted by Crippen LogP contribution is 2.45. The molecule has 5 nitrogen and oxygen atoms in total. The van der Waals surface area contributed by atoms with Crippen LogP contribution in [0.1, 0.15) is 31.0 Å². The van der Waals surface area contributed by atoms with Crippen molar-refractivity contribution in [1.82, 2.24) is 15.2 Å². The van der Waals surface area contributed by atoms with E-state index in [1.165, 1.54) is 64.4 Å². The van der Waals surface area contributed by atoms with Crippen molar-refractivity contribution in [2.75, 3.05) is 0 Å². The van der Waals surface area contributed by atoms with Gasteiger partial charge in [0.05, 0.1) is 16.7 Å². The third-order valence-electron chi connectivity index (χ3n) is 12.1. The van der Waals surface area contributed by atoms with Crippen molar-refractivity contribution in [3.05, 3.63) is 173 Å². The Morgan fingerprint density at radius 3 is 2.26 bits per heavy atom. The van der Waals surface area contributed by atoms with Gasteiger partial charge in [-0.2, -0.15) is 0 Å². The molecule has 3 aliphatic rings. The van der Waals surface area contributed by atoms with Gasteiger partial charge in [0.2, 0.25) is 0 Å². The maximum Gasteiger partial charge on any atom is 0.143 e. The van der Waals surface area contributed by atoms with Gasteiger partial charge in [-0.15, -0.1) is 11.3 Å². The molecule has 3 aromatic heterocycles. The van der Waals surface area contributed by atoms with E-state index < -0.39 is 0 Å². The quantitative estimate of drug-likeness (QED) is 0.184. The number of allylic oxidation sites excluding steroid dienone is 3. The van der Waals surface area contributed by atoms with Crippen molar-refractivity contribution < 1.29 is 4.42 Å². The van der Waals surface area contributed by atoms with Crippen molar-refractivity contribution in [3.63, 3.8) is 0 Å². The molecule has 6 heteroatoms. The van der Waals surface area contributed by atoms with Gasteiger partial charge in [0, 0.05) is 58.6 Å². The normalized spacial score (nSPS) is 19.3. The van der Waals surface area contributed by atoms with Crippen molar-refractivity contribution in [2.45, 2.75) is 31.6 Å². The Labute approximate surface area is 333 Å². The van der Waals surface area contributed by atoms with Gasteiger partial charge < -0.3 is 14.3 Å². The number of benzene rings is 6. The van der Waals surface area contributed by atoms with Gasteiger partial charge in [0.1, 0.15) is 29.2 Å². The Kier molecular flexibility index (Phi) is 7.50. The molecule has 3 atom stereocenters. The zero-order valence-electron chi connectivity index (χ0n) is 31.2. The second-order valence-electron chi connectivity index (χ2n) is 15.4. The summed E-state index contributed by atoms with van der Waals surface area (Å²) >= 11 is 1.87. The lowest BCUT2D eigenvalue weighted by atomic mass is 9.93. The van der Waals surface area contributed by atoms with Gasteiger partial charge in [0.25, 0.3) is 0 Å². The number of fused-ring (bicyclic) bond motifs is 9. The number of hydrogen-bond acceptors (Lipinski definition) is 5. The largest absolute Gasteiger partial charge is 0.456 e. The van der Waals surface area contributed by atoms with Crippen LogP contribution in [0.25, 0.3) is 81.9 Å². The Bertz CT molecular complexity index is 3250. The number of hydrogen-bond donors (Lipinski definition) is 2. The van der Waals surface area contributed by atoms with E-state index in [-0.39, 0.29) is 18.2 Å². The molecule has 3 unspecified atom stereocenters. The van der Waals surface area contributed by atoms with Crippen LogP contribution in [-0.4, -0.2) is 16.6 Å². The number of thiophene rings is 1. The molecule has 4 heterocycles. The molecule has 0 saturated carbocycles. The predicted octanol–water partition coefficient (Wildman–Crippen LogP) is 11.0. The van der Waals surface area contributed by atoms with E-state index in [0.717, 1.165) is 52.3 Å². The summed E-state index contributed by atoms with van der Waals surface area (Å²) in [4.78, 5) is 5.33. The van der Waals surface area contributed by atoms with Crippen LogP contribution in [0.15, 0.2) is 167 Å². The summed E-state index contributed by atoms with van der Waals surface area (Å²) in [6, 6.07) is 48.3. The summed E-state index contributed by atoms with van der Waals surface area (Å²) in [6.45, 7) is 0. The number of nitrogens with zero attached hydrogens (tertiary/aromatic N) is 2. The van der Waals surface area contributed by atoms with Crippen LogP contribution >= 0.6 is 11.3 Å². The summed E-state index contributed by atoms with van der Waals surface area (Å²) in [5.41, 5.74) is 10.3. The summed E-state index contributed by atoms with van der Waals surface area (Å²) < 4.78 is 11.8. The van der Waals surface area contributed by atoms with Crippen molar-refractivity contribution in [2.24, 2.45) is 10.9 Å². The summed E-state index contributed by atoms with van der Waals surface area (Å²) in [5, 5.41) is 15.0. The number of rotatable bonds is 5. The highest BCUT2D eigenvalue weighted by atomic mass is 32.1. The molecule has 0 fully saturated rings. The fourth-order valence-corrected chi connectivity index (χ4v) is 10.7. The topological polar surface area (TPSA) is 54.5 Å². The number of aromatic nitrogens is 1. The number of para-hydroxylation sites is 3. The highest BCUT2D eigenvalue weighted by molar-refractivity contribution is 7.26. The number of furan rings is 1. The minimum atomic E-state index is -0.0909. The molecule has 0 saturated heterocycles. The van der Waals surface area contributed by atoms with Crippen LogP contribution in [0.5, 0.6) is 0 Å². The minimum Gasteiger partial charge on any atom is -0.456 e. The SMILES string of the molecule is C1=CCCC(C2=NC(C3C=c4c(oc5c(-c6cccc7c6sc6cccc(-n8c9ccccc9c9ccccc98)c67)cccc45)=CC3)NC(c3ccccc3)N2)=C1. The first-order valence-corrected chi connectivity index (χ1v) is 20.8. The van der Waals surface area contributed by atoms with Gasteiger partial charge in [-0.1, -0.05) is 133 Å². The molecule has 2 aliphatic carbocycles. The monoisotopic (exact) mass is 754 g/mol. The van der Waals surface area contributed by atoms with Gasteiger partial charge in [-0.05, 0) is 60.7 Å². The number of aliphatic imine (C=N–C) groups is 1. The maximum absolute atomic E-state index is 6.85. The Hall–Kier alpha value is -6.47. The third kappa shape index (κ3) is 5.21. The van der Waals surface area contributed by atoms with E-state index in [9.17, 15) is 0 Å². The van der Waals surface area contributed by atoms with Crippen molar-refractivity contribution >= 4 is 82.3 Å². The van der Waals surface area contributed by atoms with E-state index in [4.69, 9.17) is 9.41 Å². The number of amidine groups is 1. The number of nitrogens with one attached hydrogen (secondary N) is 2. The summed E-state index contributed by atoms with van der Waals surface area (Å²) in [6.07, 6.45) is 14.0. The molecule has 274 valence electrons. The lowest BCUT2D eigenvalue weighted by Gasteiger charge is -2.35. The average Bonchev–Trinajstić information content (AvgIpc) is 3.96. The molecular weight excluding hydrogens is 717 g/mol. The minimum absolute atomic E-state index is 0.0322.